The minimum absolute atomic E-state index is 0.105. The molecule has 32 heavy (non-hydrogen) atoms. The average molecular weight is 458 g/mol. The first-order chi connectivity index (χ1) is 15.3. The molecular formula is C21H22N4O6S. The maximum absolute atomic E-state index is 12.9. The summed E-state index contributed by atoms with van der Waals surface area (Å²) in [5, 5.41) is 3.83. The Balaban J connectivity index is 1.39. The van der Waals surface area contributed by atoms with E-state index in [0.717, 1.165) is 0 Å². The van der Waals surface area contributed by atoms with Crippen molar-refractivity contribution in [1.82, 2.24) is 19.4 Å². The molecule has 3 heterocycles. The molecule has 2 unspecified atom stereocenters. The molecule has 1 aliphatic rings. The first-order valence-corrected chi connectivity index (χ1v) is 11.4. The van der Waals surface area contributed by atoms with Gasteiger partial charge in [0.2, 0.25) is 15.8 Å². The number of rotatable bonds is 6. The van der Waals surface area contributed by atoms with Gasteiger partial charge in [-0.15, -0.1) is 0 Å². The van der Waals surface area contributed by atoms with Gasteiger partial charge < -0.3 is 14.0 Å². The SMILES string of the molecule is CC1CN(S(=O)(=O)c2ccc(C(=O)OCc3nc(-c4cccnc4)no3)cc2)CC(C)O1. The fraction of sp³-hybridized carbons (Fsp3) is 0.333. The van der Waals surface area contributed by atoms with Gasteiger partial charge in [-0.2, -0.15) is 9.29 Å². The molecule has 4 rings (SSSR count). The number of hydrogen-bond donors (Lipinski definition) is 0. The van der Waals surface area contributed by atoms with Crippen LogP contribution in [0.25, 0.3) is 11.4 Å². The zero-order chi connectivity index (χ0) is 22.7. The molecule has 0 spiro atoms. The van der Waals surface area contributed by atoms with Crippen molar-refractivity contribution in [3.63, 3.8) is 0 Å². The van der Waals surface area contributed by atoms with Crippen molar-refractivity contribution in [3.05, 3.63) is 60.2 Å². The number of benzene rings is 1. The second-order valence-electron chi connectivity index (χ2n) is 7.43. The summed E-state index contributed by atoms with van der Waals surface area (Å²) in [5.74, 6) is -0.166. The number of pyridine rings is 1. The molecule has 0 amide bonds. The van der Waals surface area contributed by atoms with Crippen molar-refractivity contribution in [1.29, 1.82) is 0 Å². The summed E-state index contributed by atoms with van der Waals surface area (Å²) in [6, 6.07) is 9.14. The zero-order valence-electron chi connectivity index (χ0n) is 17.5. The molecule has 1 aromatic carbocycles. The first kappa shape index (κ1) is 22.1. The maximum Gasteiger partial charge on any atom is 0.338 e. The predicted octanol–water partition coefficient (Wildman–Crippen LogP) is 2.29. The minimum atomic E-state index is -3.69. The minimum Gasteiger partial charge on any atom is -0.452 e. The molecule has 11 heteroatoms. The number of ether oxygens (including phenoxy) is 2. The van der Waals surface area contributed by atoms with Crippen LogP contribution in [0.5, 0.6) is 0 Å². The van der Waals surface area contributed by atoms with Crippen LogP contribution in [0.3, 0.4) is 0 Å². The summed E-state index contributed by atoms with van der Waals surface area (Å²) < 4.78 is 43.1. The predicted molar refractivity (Wildman–Crippen MR) is 112 cm³/mol. The van der Waals surface area contributed by atoms with Gasteiger partial charge in [0.25, 0.3) is 5.89 Å². The van der Waals surface area contributed by atoms with Crippen LogP contribution < -0.4 is 0 Å². The van der Waals surface area contributed by atoms with Gasteiger partial charge in [0.15, 0.2) is 6.61 Å². The molecule has 1 fully saturated rings. The van der Waals surface area contributed by atoms with E-state index in [1.807, 2.05) is 13.8 Å². The lowest BCUT2D eigenvalue weighted by molar-refractivity contribution is -0.0440. The Labute approximate surface area is 185 Å². The highest BCUT2D eigenvalue weighted by molar-refractivity contribution is 7.89. The summed E-state index contributed by atoms with van der Waals surface area (Å²) >= 11 is 0. The lowest BCUT2D eigenvalue weighted by Gasteiger charge is -2.34. The lowest BCUT2D eigenvalue weighted by atomic mass is 10.2. The highest BCUT2D eigenvalue weighted by Gasteiger charge is 2.32. The quantitative estimate of drug-likeness (QED) is 0.512. The number of aromatic nitrogens is 3. The Morgan fingerprint density at radius 1 is 1.16 bits per heavy atom. The first-order valence-electron chi connectivity index (χ1n) is 9.98. The molecule has 0 saturated carbocycles. The van der Waals surface area contributed by atoms with Gasteiger partial charge in [0, 0.05) is 31.0 Å². The molecule has 0 aliphatic carbocycles. The zero-order valence-corrected chi connectivity index (χ0v) is 18.4. The van der Waals surface area contributed by atoms with E-state index in [1.165, 1.54) is 28.6 Å². The van der Waals surface area contributed by atoms with Gasteiger partial charge in [-0.05, 0) is 50.2 Å². The molecular weight excluding hydrogens is 436 g/mol. The van der Waals surface area contributed by atoms with E-state index in [0.29, 0.717) is 11.4 Å². The van der Waals surface area contributed by atoms with Crippen molar-refractivity contribution in [2.75, 3.05) is 13.1 Å². The smallest absolute Gasteiger partial charge is 0.338 e. The molecule has 2 aromatic heterocycles. The molecule has 0 N–H and O–H groups in total. The molecule has 168 valence electrons. The molecule has 2 atom stereocenters. The number of morpholine rings is 1. The van der Waals surface area contributed by atoms with Crippen molar-refractivity contribution < 1.29 is 27.2 Å². The van der Waals surface area contributed by atoms with Crippen molar-refractivity contribution in [2.24, 2.45) is 0 Å². The Morgan fingerprint density at radius 2 is 1.88 bits per heavy atom. The van der Waals surface area contributed by atoms with Crippen molar-refractivity contribution in [3.8, 4) is 11.4 Å². The molecule has 1 saturated heterocycles. The van der Waals surface area contributed by atoms with Crippen molar-refractivity contribution in [2.45, 2.75) is 37.6 Å². The Hall–Kier alpha value is -3.15. The number of hydrogen-bond acceptors (Lipinski definition) is 9. The topological polar surface area (TPSA) is 125 Å². The normalized spacial score (nSPS) is 19.6. The van der Waals surface area contributed by atoms with Gasteiger partial charge in [-0.25, -0.2) is 13.2 Å². The van der Waals surface area contributed by atoms with E-state index in [2.05, 4.69) is 15.1 Å². The van der Waals surface area contributed by atoms with Crippen LogP contribution in [0.2, 0.25) is 0 Å². The maximum atomic E-state index is 12.9. The van der Waals surface area contributed by atoms with E-state index < -0.39 is 16.0 Å². The largest absolute Gasteiger partial charge is 0.452 e. The fourth-order valence-corrected chi connectivity index (χ4v) is 4.97. The van der Waals surface area contributed by atoms with Gasteiger partial charge in [-0.3, -0.25) is 4.98 Å². The van der Waals surface area contributed by atoms with E-state index in [9.17, 15) is 13.2 Å². The highest BCUT2D eigenvalue weighted by Crippen LogP contribution is 2.22. The molecule has 3 aromatic rings. The highest BCUT2D eigenvalue weighted by atomic mass is 32.2. The standard InChI is InChI=1S/C21H22N4O6S/c1-14-11-25(12-15(2)30-14)32(27,28)18-7-5-16(6-8-18)21(26)29-13-19-23-20(24-31-19)17-4-3-9-22-10-17/h3-10,14-15H,11-13H2,1-2H3. The van der Waals surface area contributed by atoms with Crippen LogP contribution in [-0.2, 0) is 26.1 Å². The number of carbonyl (C=O) groups excluding carboxylic acids is 1. The number of nitrogens with zero attached hydrogens (tertiary/aromatic N) is 4. The second-order valence-corrected chi connectivity index (χ2v) is 9.37. The van der Waals surface area contributed by atoms with Crippen LogP contribution in [0.4, 0.5) is 0 Å². The summed E-state index contributed by atoms with van der Waals surface area (Å²) in [6.07, 6.45) is 2.84. The van der Waals surface area contributed by atoms with Gasteiger partial charge in [-0.1, -0.05) is 5.16 Å². The summed E-state index contributed by atoms with van der Waals surface area (Å²) in [5.41, 5.74) is 0.884. The van der Waals surface area contributed by atoms with Gasteiger partial charge in [0.1, 0.15) is 0 Å². The Kier molecular flexibility index (Phi) is 6.31. The van der Waals surface area contributed by atoms with E-state index >= 15 is 0 Å². The molecule has 0 bridgehead atoms. The van der Waals surface area contributed by atoms with Crippen LogP contribution in [0.15, 0.2) is 58.2 Å². The number of carbonyl (C=O) groups is 1. The average Bonchev–Trinajstić information content (AvgIpc) is 3.27. The lowest BCUT2D eigenvalue weighted by Crippen LogP contribution is -2.48. The second kappa shape index (κ2) is 9.15. The molecule has 0 radical (unpaired) electrons. The van der Waals surface area contributed by atoms with E-state index in [1.54, 1.807) is 24.5 Å². The van der Waals surface area contributed by atoms with Gasteiger partial charge in [0.05, 0.1) is 22.7 Å². The van der Waals surface area contributed by atoms with E-state index in [4.69, 9.17) is 14.0 Å². The third-order valence-corrected chi connectivity index (χ3v) is 6.67. The van der Waals surface area contributed by atoms with Gasteiger partial charge >= 0.3 is 5.97 Å². The van der Waals surface area contributed by atoms with Crippen LogP contribution in [0.1, 0.15) is 30.1 Å². The van der Waals surface area contributed by atoms with Crippen LogP contribution in [0, 0.1) is 0 Å². The van der Waals surface area contributed by atoms with E-state index in [-0.39, 0.29) is 48.3 Å². The van der Waals surface area contributed by atoms with Crippen molar-refractivity contribution >= 4 is 16.0 Å². The summed E-state index contributed by atoms with van der Waals surface area (Å²) in [6.45, 7) is 4.01. The van der Waals surface area contributed by atoms with Crippen LogP contribution >= 0.6 is 0 Å². The summed E-state index contributed by atoms with van der Waals surface area (Å²) in [4.78, 5) is 20.6. The third kappa shape index (κ3) is 4.85. The monoisotopic (exact) mass is 458 g/mol. The Morgan fingerprint density at radius 3 is 2.53 bits per heavy atom. The number of esters is 1. The fourth-order valence-electron chi connectivity index (χ4n) is 3.38. The summed E-state index contributed by atoms with van der Waals surface area (Å²) in [7, 11) is -3.69. The van der Waals surface area contributed by atoms with Crippen LogP contribution in [-0.4, -0.2) is 59.1 Å². The molecule has 10 nitrogen and oxygen atoms in total. The molecule has 1 aliphatic heterocycles. The number of sulfonamides is 1. The Bertz CT molecular complexity index is 1170. The third-order valence-electron chi connectivity index (χ3n) is 4.83.